The fourth-order valence-corrected chi connectivity index (χ4v) is 5.99. The van der Waals surface area contributed by atoms with Gasteiger partial charge in [0.1, 0.15) is 16.8 Å². The number of rotatable bonds is 4. The van der Waals surface area contributed by atoms with Crippen molar-refractivity contribution in [3.05, 3.63) is 29.8 Å². The van der Waals surface area contributed by atoms with E-state index in [1.807, 2.05) is 30.1 Å². The van der Waals surface area contributed by atoms with Gasteiger partial charge in [0.2, 0.25) is 0 Å². The summed E-state index contributed by atoms with van der Waals surface area (Å²) in [5.74, 6) is 1.35. The Hall–Kier alpha value is -1.18. The van der Waals surface area contributed by atoms with Gasteiger partial charge in [-0.1, -0.05) is 19.1 Å². The molecule has 4 atom stereocenters. The first-order chi connectivity index (χ1) is 11.5. The van der Waals surface area contributed by atoms with E-state index in [0.29, 0.717) is 5.75 Å². The molecule has 1 saturated heterocycles. The Balaban J connectivity index is 1.78. The first-order valence-corrected chi connectivity index (χ1v) is 10.1. The lowest BCUT2D eigenvalue weighted by molar-refractivity contribution is -0.141. The molecule has 2 aliphatic heterocycles. The van der Waals surface area contributed by atoms with E-state index >= 15 is 0 Å². The summed E-state index contributed by atoms with van der Waals surface area (Å²) in [6.07, 6.45) is 0.978. The lowest BCUT2D eigenvalue weighted by atomic mass is 9.98. The number of aliphatic imine (C=N–C) groups is 1. The van der Waals surface area contributed by atoms with Gasteiger partial charge in [0.05, 0.1) is 11.4 Å². The van der Waals surface area contributed by atoms with E-state index in [-0.39, 0.29) is 23.1 Å². The normalized spacial score (nSPS) is 29.2. The van der Waals surface area contributed by atoms with E-state index < -0.39 is 12.0 Å². The molecule has 130 valence electrons. The van der Waals surface area contributed by atoms with Gasteiger partial charge in [-0.05, 0) is 25.6 Å². The van der Waals surface area contributed by atoms with Crippen LogP contribution in [0.1, 0.15) is 18.9 Å². The van der Waals surface area contributed by atoms with E-state index in [1.54, 1.807) is 29.6 Å². The summed E-state index contributed by atoms with van der Waals surface area (Å²) >= 11 is 3.38. The number of carboxylic acids is 1. The lowest BCUT2D eigenvalue weighted by Gasteiger charge is -2.33. The molecule has 2 heterocycles. The number of aromatic hydroxyl groups is 1. The van der Waals surface area contributed by atoms with E-state index in [1.165, 1.54) is 0 Å². The SMILES string of the molecule is CC(C1CCSC(c2ccccc2O)=N1)[C@@H]1SC[C@H](C(=O)O)N1C. The van der Waals surface area contributed by atoms with E-state index in [2.05, 4.69) is 6.92 Å². The number of hydrogen-bond donors (Lipinski definition) is 2. The molecule has 0 saturated carbocycles. The molecule has 3 rings (SSSR count). The number of phenols is 1. The highest BCUT2D eigenvalue weighted by atomic mass is 32.2. The van der Waals surface area contributed by atoms with Gasteiger partial charge in [-0.25, -0.2) is 0 Å². The topological polar surface area (TPSA) is 73.1 Å². The van der Waals surface area contributed by atoms with Crippen LogP contribution in [0.4, 0.5) is 0 Å². The first kappa shape index (κ1) is 17.6. The van der Waals surface area contributed by atoms with Gasteiger partial charge >= 0.3 is 5.97 Å². The van der Waals surface area contributed by atoms with Crippen LogP contribution in [0.3, 0.4) is 0 Å². The van der Waals surface area contributed by atoms with Crippen LogP contribution in [-0.2, 0) is 4.79 Å². The van der Waals surface area contributed by atoms with Crippen LogP contribution in [0.5, 0.6) is 5.75 Å². The lowest BCUT2D eigenvalue weighted by Crippen LogP contribution is -2.43. The number of para-hydroxylation sites is 1. The molecule has 2 unspecified atom stereocenters. The maximum absolute atomic E-state index is 11.3. The van der Waals surface area contributed by atoms with Crippen molar-refractivity contribution in [2.75, 3.05) is 18.6 Å². The highest BCUT2D eigenvalue weighted by Gasteiger charge is 2.41. The number of likely N-dealkylation sites (N-methyl/N-ethyl adjacent to an activating group) is 1. The minimum atomic E-state index is -0.753. The standard InChI is InChI=1S/C17H22N2O3S2/c1-10(16-19(2)13(9-24-16)17(21)22)12-7-8-23-15(18-12)11-5-3-4-6-14(11)20/h3-6,10,12-13,16,20H,7-9H2,1-2H3,(H,21,22)/t10?,12?,13-,16+/m1/s1. The second-order valence-corrected chi connectivity index (χ2v) is 8.49. The molecule has 0 spiro atoms. The van der Waals surface area contributed by atoms with Gasteiger partial charge in [-0.2, -0.15) is 0 Å². The van der Waals surface area contributed by atoms with Crippen LogP contribution in [-0.4, -0.2) is 62.1 Å². The second kappa shape index (κ2) is 7.37. The van der Waals surface area contributed by atoms with Crippen molar-refractivity contribution in [3.63, 3.8) is 0 Å². The summed E-state index contributed by atoms with van der Waals surface area (Å²) in [6, 6.07) is 7.02. The van der Waals surface area contributed by atoms with Gasteiger partial charge in [0, 0.05) is 23.0 Å². The molecule has 2 aliphatic rings. The molecule has 1 aromatic rings. The highest BCUT2D eigenvalue weighted by Crippen LogP contribution is 2.38. The number of nitrogens with zero attached hydrogens (tertiary/aromatic N) is 2. The third-order valence-electron chi connectivity index (χ3n) is 4.73. The number of aliphatic carboxylic acids is 1. The summed E-state index contributed by atoms with van der Waals surface area (Å²) in [5, 5.41) is 20.4. The maximum Gasteiger partial charge on any atom is 0.321 e. The summed E-state index contributed by atoms with van der Waals surface area (Å²) in [7, 11) is 1.89. The zero-order valence-corrected chi connectivity index (χ0v) is 15.4. The largest absolute Gasteiger partial charge is 0.507 e. The molecular formula is C17H22N2O3S2. The summed E-state index contributed by atoms with van der Waals surface area (Å²) in [6.45, 7) is 2.16. The zero-order chi connectivity index (χ0) is 17.3. The molecule has 24 heavy (non-hydrogen) atoms. The third-order valence-corrected chi connectivity index (χ3v) is 7.38. The van der Waals surface area contributed by atoms with Gasteiger partial charge in [0.25, 0.3) is 0 Å². The highest BCUT2D eigenvalue weighted by molar-refractivity contribution is 8.14. The van der Waals surface area contributed by atoms with E-state index in [4.69, 9.17) is 4.99 Å². The minimum absolute atomic E-state index is 0.147. The van der Waals surface area contributed by atoms with Crippen LogP contribution >= 0.6 is 23.5 Å². The molecule has 0 aliphatic carbocycles. The Kier molecular flexibility index (Phi) is 5.42. The smallest absolute Gasteiger partial charge is 0.321 e. The van der Waals surface area contributed by atoms with Crippen molar-refractivity contribution in [2.24, 2.45) is 10.9 Å². The molecule has 0 amide bonds. The molecule has 1 aromatic carbocycles. The van der Waals surface area contributed by atoms with E-state index in [9.17, 15) is 15.0 Å². The van der Waals surface area contributed by atoms with Crippen molar-refractivity contribution in [2.45, 2.75) is 30.8 Å². The van der Waals surface area contributed by atoms with Crippen molar-refractivity contribution in [1.29, 1.82) is 0 Å². The summed E-state index contributed by atoms with van der Waals surface area (Å²) in [5.41, 5.74) is 0.787. The Morgan fingerprint density at radius 2 is 2.17 bits per heavy atom. The Labute approximate surface area is 150 Å². The predicted octanol–water partition coefficient (Wildman–Crippen LogP) is 2.74. The monoisotopic (exact) mass is 366 g/mol. The number of benzene rings is 1. The second-order valence-electron chi connectivity index (χ2n) is 6.26. The number of carbonyl (C=O) groups is 1. The molecular weight excluding hydrogens is 344 g/mol. The van der Waals surface area contributed by atoms with Crippen LogP contribution < -0.4 is 0 Å². The number of thioether (sulfide) groups is 2. The van der Waals surface area contributed by atoms with Crippen molar-refractivity contribution >= 4 is 34.5 Å². The van der Waals surface area contributed by atoms with Gasteiger partial charge in [-0.3, -0.25) is 14.7 Å². The Bertz CT molecular complexity index is 652. The Morgan fingerprint density at radius 3 is 2.83 bits per heavy atom. The first-order valence-electron chi connectivity index (χ1n) is 8.04. The number of carboxylic acid groups (broad SMARTS) is 1. The molecule has 0 radical (unpaired) electrons. The van der Waals surface area contributed by atoms with E-state index in [0.717, 1.165) is 22.8 Å². The van der Waals surface area contributed by atoms with Gasteiger partial charge in [0.15, 0.2) is 0 Å². The number of hydrogen-bond acceptors (Lipinski definition) is 6. The maximum atomic E-state index is 11.3. The molecule has 0 aromatic heterocycles. The molecule has 0 bridgehead atoms. The fraction of sp³-hybridized carbons (Fsp3) is 0.529. The fourth-order valence-electron chi connectivity index (χ4n) is 3.27. The third kappa shape index (κ3) is 3.43. The quantitative estimate of drug-likeness (QED) is 0.854. The van der Waals surface area contributed by atoms with Crippen LogP contribution in [0.2, 0.25) is 0 Å². The van der Waals surface area contributed by atoms with Crippen molar-refractivity contribution in [3.8, 4) is 5.75 Å². The van der Waals surface area contributed by atoms with Crippen molar-refractivity contribution in [1.82, 2.24) is 4.90 Å². The molecule has 2 N–H and O–H groups in total. The van der Waals surface area contributed by atoms with Gasteiger partial charge < -0.3 is 10.2 Å². The molecule has 5 nitrogen and oxygen atoms in total. The zero-order valence-electron chi connectivity index (χ0n) is 13.8. The van der Waals surface area contributed by atoms with Crippen LogP contribution in [0.15, 0.2) is 29.3 Å². The summed E-state index contributed by atoms with van der Waals surface area (Å²) in [4.78, 5) is 18.2. The van der Waals surface area contributed by atoms with Crippen LogP contribution in [0, 0.1) is 5.92 Å². The average Bonchev–Trinajstić information content (AvgIpc) is 2.96. The van der Waals surface area contributed by atoms with Gasteiger partial charge in [-0.15, -0.1) is 23.5 Å². The minimum Gasteiger partial charge on any atom is -0.507 e. The average molecular weight is 367 g/mol. The summed E-state index contributed by atoms with van der Waals surface area (Å²) < 4.78 is 0. The molecule has 1 fully saturated rings. The Morgan fingerprint density at radius 1 is 1.42 bits per heavy atom. The number of phenolic OH excluding ortho intramolecular Hbond substituents is 1. The molecule has 7 heteroatoms. The predicted molar refractivity (Wildman–Crippen MR) is 100 cm³/mol. The van der Waals surface area contributed by atoms with Crippen LogP contribution in [0.25, 0.3) is 0 Å². The van der Waals surface area contributed by atoms with Crippen molar-refractivity contribution < 1.29 is 15.0 Å².